The average molecular weight is 783 g/mol. The van der Waals surface area contributed by atoms with Gasteiger partial charge in [0.1, 0.15) is 0 Å². The number of nitrogens with one attached hydrogen (secondary N) is 1. The molecule has 2 aromatic carbocycles. The van der Waals surface area contributed by atoms with E-state index in [1.54, 1.807) is 24.3 Å². The van der Waals surface area contributed by atoms with Gasteiger partial charge in [0.05, 0.1) is 28.5 Å². The van der Waals surface area contributed by atoms with Crippen LogP contribution in [0.3, 0.4) is 0 Å². The minimum atomic E-state index is -4.62. The first-order valence-electron chi connectivity index (χ1n) is 19.8. The molecular weight excluding hydrogens is 730 g/mol. The molecule has 12 heteroatoms. The lowest BCUT2D eigenvalue weighted by Crippen LogP contribution is -2.50. The Morgan fingerprint density at radius 1 is 1.00 bits per heavy atom. The molecule has 55 heavy (non-hydrogen) atoms. The third-order valence-electron chi connectivity index (χ3n) is 14.4. The number of hydrogen-bond donors (Lipinski definition) is 3. The zero-order valence-electron chi connectivity index (χ0n) is 31.8. The zero-order valence-corrected chi connectivity index (χ0v) is 32.6. The Morgan fingerprint density at radius 2 is 1.73 bits per heavy atom. The van der Waals surface area contributed by atoms with Gasteiger partial charge in [-0.2, -0.15) is 13.2 Å². The maximum Gasteiger partial charge on any atom is 0.416 e. The molecule has 1 heterocycles. The molecule has 1 aromatic heterocycles. The lowest BCUT2D eigenvalue weighted by atomic mass is 9.47. The number of alkyl halides is 3. The van der Waals surface area contributed by atoms with Gasteiger partial charge in [0.2, 0.25) is 5.91 Å². The number of carboxylic acid groups (broad SMARTS) is 1. The largest absolute Gasteiger partial charge is 0.481 e. The number of aromatic nitrogens is 1. The first-order valence-corrected chi connectivity index (χ1v) is 21.3. The topological polar surface area (TPSA) is 126 Å². The highest BCUT2D eigenvalue weighted by atomic mass is 32.2. The number of nitrogens with zero attached hydrogens (tertiary/aromatic N) is 1. The minimum Gasteiger partial charge on any atom is -0.481 e. The quantitative estimate of drug-likeness (QED) is 0.167. The highest BCUT2D eigenvalue weighted by Gasteiger charge is 2.59. The Kier molecular flexibility index (Phi) is 10.6. The minimum absolute atomic E-state index is 0.0443. The lowest BCUT2D eigenvalue weighted by molar-refractivity contribution is -0.138. The summed E-state index contributed by atoms with van der Waals surface area (Å²) in [6, 6.07) is 9.12. The van der Waals surface area contributed by atoms with Crippen LogP contribution in [-0.4, -0.2) is 46.6 Å². The number of benzene rings is 2. The van der Waals surface area contributed by atoms with Crippen LogP contribution >= 0.6 is 0 Å². The van der Waals surface area contributed by atoms with E-state index in [-0.39, 0.29) is 47.0 Å². The van der Waals surface area contributed by atoms with E-state index in [0.29, 0.717) is 52.5 Å². The number of aliphatic carboxylic acids is 1. The molecule has 3 fully saturated rings. The number of halogens is 3. The van der Waals surface area contributed by atoms with E-state index in [0.717, 1.165) is 60.3 Å². The number of aliphatic hydroxyl groups is 1. The molecule has 9 atom stereocenters. The first kappa shape index (κ1) is 39.6. The molecule has 0 spiro atoms. The molecule has 3 aromatic rings. The van der Waals surface area contributed by atoms with Crippen molar-refractivity contribution in [3.8, 4) is 0 Å². The molecule has 298 valence electrons. The smallest absolute Gasteiger partial charge is 0.416 e. The second kappa shape index (κ2) is 14.7. The van der Waals surface area contributed by atoms with E-state index >= 15 is 0 Å². The van der Waals surface area contributed by atoms with Gasteiger partial charge in [-0.1, -0.05) is 50.6 Å². The SMILES string of the molecule is C[C@H](CCC(=O)N[C@H](CC(=O)O)Cc1cn(S(=O)(=O)c2ccc(C(F)(F)F)cc2)c2ccccc12)[C@H]1CC[C@H]2[C@@H]3CC=C4C[C@@H](O)CC[C@]4(C)[C@H]3CC[C@]12C. The molecule has 4 aliphatic rings. The van der Waals surface area contributed by atoms with Crippen LogP contribution < -0.4 is 5.32 Å². The Bertz CT molecular complexity index is 2080. The van der Waals surface area contributed by atoms with Gasteiger partial charge in [0, 0.05) is 24.0 Å². The number of carbonyl (C=O) groups is 2. The van der Waals surface area contributed by atoms with Crippen molar-refractivity contribution in [3.05, 3.63) is 77.5 Å². The van der Waals surface area contributed by atoms with Crippen LogP contribution in [0.25, 0.3) is 10.9 Å². The van der Waals surface area contributed by atoms with Crippen molar-refractivity contribution in [1.29, 1.82) is 0 Å². The fourth-order valence-electron chi connectivity index (χ4n) is 11.6. The number of para-hydroxylation sites is 1. The number of allylic oxidation sites excluding steroid dienone is 1. The molecule has 0 unspecified atom stereocenters. The molecule has 0 bridgehead atoms. The summed E-state index contributed by atoms with van der Waals surface area (Å²) in [7, 11) is -4.31. The molecular formula is C43H53F3N2O6S. The molecule has 7 rings (SSSR count). The number of aliphatic hydroxyl groups excluding tert-OH is 1. The predicted molar refractivity (Wildman–Crippen MR) is 203 cm³/mol. The Morgan fingerprint density at radius 3 is 2.44 bits per heavy atom. The lowest BCUT2D eigenvalue weighted by Gasteiger charge is -2.58. The van der Waals surface area contributed by atoms with Crippen molar-refractivity contribution in [1.82, 2.24) is 9.29 Å². The summed E-state index contributed by atoms with van der Waals surface area (Å²) in [6.45, 7) is 7.17. The molecule has 0 aliphatic heterocycles. The van der Waals surface area contributed by atoms with Gasteiger partial charge < -0.3 is 15.5 Å². The van der Waals surface area contributed by atoms with Crippen molar-refractivity contribution in [2.24, 2.45) is 40.4 Å². The summed E-state index contributed by atoms with van der Waals surface area (Å²) in [5, 5.41) is 23.6. The fourth-order valence-corrected chi connectivity index (χ4v) is 13.0. The van der Waals surface area contributed by atoms with E-state index in [1.165, 1.54) is 31.0 Å². The Hall–Kier alpha value is -3.64. The first-order chi connectivity index (χ1) is 25.9. The van der Waals surface area contributed by atoms with E-state index < -0.39 is 33.8 Å². The van der Waals surface area contributed by atoms with Gasteiger partial charge in [-0.3, -0.25) is 9.59 Å². The van der Waals surface area contributed by atoms with Crippen molar-refractivity contribution < 1.29 is 41.4 Å². The van der Waals surface area contributed by atoms with Gasteiger partial charge in [0.25, 0.3) is 10.0 Å². The Balaban J connectivity index is 1.02. The summed E-state index contributed by atoms with van der Waals surface area (Å²) in [6.07, 6.45) is 8.15. The number of fused-ring (bicyclic) bond motifs is 6. The van der Waals surface area contributed by atoms with Crippen LogP contribution in [0, 0.1) is 40.4 Å². The van der Waals surface area contributed by atoms with Gasteiger partial charge in [-0.15, -0.1) is 0 Å². The van der Waals surface area contributed by atoms with E-state index in [4.69, 9.17) is 0 Å². The maximum atomic E-state index is 13.7. The monoisotopic (exact) mass is 782 g/mol. The van der Waals surface area contributed by atoms with Crippen LogP contribution in [0.2, 0.25) is 0 Å². The van der Waals surface area contributed by atoms with Gasteiger partial charge in [0.15, 0.2) is 0 Å². The summed E-state index contributed by atoms with van der Waals surface area (Å²) in [5.74, 6) is 1.38. The van der Waals surface area contributed by atoms with Crippen LogP contribution in [0.5, 0.6) is 0 Å². The third-order valence-corrected chi connectivity index (χ3v) is 16.1. The normalized spacial score (nSPS) is 30.5. The molecule has 4 aliphatic carbocycles. The standard InChI is InChI=1S/C43H53F3N2O6S/c1-26(35-15-16-36-34-14-11-29-23-31(49)18-20-41(29,2)37(34)19-21-42(35,36)3)8-17-39(50)47-30(24-40(51)52)22-27-25-48(38-7-5-4-6-33(27)38)55(53,54)32-12-9-28(10-13-32)43(44,45)46/h4-7,9-13,25-26,30-31,34-37,49H,8,14-24H2,1-3H3,(H,47,50)(H,51,52)/t26-,30+,31+,34+,35-,36+,37+,41+,42-/m1/s1. The Labute approximate surface area is 321 Å². The molecule has 3 N–H and O–H groups in total. The van der Waals surface area contributed by atoms with Gasteiger partial charge in [-0.05, 0) is 141 Å². The average Bonchev–Trinajstić information content (AvgIpc) is 3.68. The van der Waals surface area contributed by atoms with Gasteiger partial charge in [-0.25, -0.2) is 12.4 Å². The number of amides is 1. The molecule has 1 amide bonds. The van der Waals surface area contributed by atoms with Crippen LogP contribution in [0.1, 0.15) is 103 Å². The summed E-state index contributed by atoms with van der Waals surface area (Å²) < 4.78 is 67.9. The summed E-state index contributed by atoms with van der Waals surface area (Å²) >= 11 is 0. The third kappa shape index (κ3) is 7.38. The zero-order chi connectivity index (χ0) is 39.5. The summed E-state index contributed by atoms with van der Waals surface area (Å²) in [5.41, 5.74) is 1.68. The van der Waals surface area contributed by atoms with Crippen molar-refractivity contribution >= 4 is 32.8 Å². The fraction of sp³-hybridized carbons (Fsp3) is 0.581. The van der Waals surface area contributed by atoms with Crippen LogP contribution in [-0.2, 0) is 32.2 Å². The number of hydrogen-bond acceptors (Lipinski definition) is 5. The van der Waals surface area contributed by atoms with E-state index in [2.05, 4.69) is 32.2 Å². The molecule has 0 radical (unpaired) electrons. The van der Waals surface area contributed by atoms with Crippen molar-refractivity contribution in [2.45, 2.75) is 121 Å². The maximum absolute atomic E-state index is 13.7. The molecule has 8 nitrogen and oxygen atoms in total. The molecule has 3 saturated carbocycles. The summed E-state index contributed by atoms with van der Waals surface area (Å²) in [4.78, 5) is 25.1. The van der Waals surface area contributed by atoms with Crippen molar-refractivity contribution in [3.63, 3.8) is 0 Å². The highest BCUT2D eigenvalue weighted by molar-refractivity contribution is 7.90. The van der Waals surface area contributed by atoms with E-state index in [1.807, 2.05) is 0 Å². The van der Waals surface area contributed by atoms with Gasteiger partial charge >= 0.3 is 12.1 Å². The van der Waals surface area contributed by atoms with E-state index in [9.17, 15) is 41.4 Å². The van der Waals surface area contributed by atoms with Crippen LogP contribution in [0.4, 0.5) is 13.2 Å². The predicted octanol–water partition coefficient (Wildman–Crippen LogP) is 8.76. The second-order valence-corrected chi connectivity index (χ2v) is 19.3. The number of carbonyl (C=O) groups excluding carboxylic acids is 1. The second-order valence-electron chi connectivity index (χ2n) is 17.5. The highest BCUT2D eigenvalue weighted by Crippen LogP contribution is 2.67. The number of rotatable bonds is 11. The molecule has 0 saturated heterocycles. The van der Waals surface area contributed by atoms with Crippen LogP contribution in [0.15, 0.2) is 71.3 Å². The van der Waals surface area contributed by atoms with Crippen molar-refractivity contribution in [2.75, 3.05) is 0 Å². The number of carboxylic acids is 1.